The lowest BCUT2D eigenvalue weighted by molar-refractivity contribution is 0.257. The van der Waals surface area contributed by atoms with E-state index in [-0.39, 0.29) is 0 Å². The lowest BCUT2D eigenvalue weighted by atomic mass is 9.80. The highest BCUT2D eigenvalue weighted by molar-refractivity contribution is 7.99. The summed E-state index contributed by atoms with van der Waals surface area (Å²) in [4.78, 5) is 0. The number of aryl methyl sites for hydroxylation is 1. The molecule has 4 atom stereocenters. The average molecular weight is 277 g/mol. The zero-order valence-electron chi connectivity index (χ0n) is 12.6. The maximum atomic E-state index is 3.54. The van der Waals surface area contributed by atoms with E-state index in [0.29, 0.717) is 6.04 Å². The standard InChI is InChI=1S/C17H27NS/c1-12-9-14(3)17(16(10-12)18-4)19-11-15-8-6-5-7-13(15)2/h5-8,12,14,16-18H,9-11H2,1-4H3. The van der Waals surface area contributed by atoms with Gasteiger partial charge in [-0.3, -0.25) is 0 Å². The summed E-state index contributed by atoms with van der Waals surface area (Å²) in [7, 11) is 2.12. The van der Waals surface area contributed by atoms with Crippen LogP contribution in [0.25, 0.3) is 0 Å². The van der Waals surface area contributed by atoms with E-state index in [9.17, 15) is 0 Å². The molecule has 0 aromatic heterocycles. The Labute approximate surface area is 122 Å². The molecule has 2 rings (SSSR count). The highest BCUT2D eigenvalue weighted by atomic mass is 32.2. The van der Waals surface area contributed by atoms with Gasteiger partial charge in [0.2, 0.25) is 0 Å². The van der Waals surface area contributed by atoms with Crippen molar-refractivity contribution in [3.63, 3.8) is 0 Å². The first-order valence-electron chi connectivity index (χ1n) is 7.45. The Morgan fingerprint density at radius 1 is 1.21 bits per heavy atom. The third kappa shape index (κ3) is 3.76. The van der Waals surface area contributed by atoms with Crippen LogP contribution < -0.4 is 5.32 Å². The number of nitrogens with one attached hydrogen (secondary N) is 1. The molecule has 0 amide bonds. The van der Waals surface area contributed by atoms with Crippen LogP contribution >= 0.6 is 11.8 Å². The Hall–Kier alpha value is -0.470. The van der Waals surface area contributed by atoms with Gasteiger partial charge in [0.1, 0.15) is 0 Å². The van der Waals surface area contributed by atoms with E-state index in [0.717, 1.165) is 22.8 Å². The van der Waals surface area contributed by atoms with E-state index in [1.807, 2.05) is 0 Å². The molecule has 2 heteroatoms. The normalized spacial score (nSPS) is 31.4. The molecule has 0 radical (unpaired) electrons. The van der Waals surface area contributed by atoms with Crippen molar-refractivity contribution in [2.45, 2.75) is 50.7 Å². The van der Waals surface area contributed by atoms with Gasteiger partial charge >= 0.3 is 0 Å². The third-order valence-corrected chi connectivity index (χ3v) is 6.11. The molecule has 4 unspecified atom stereocenters. The Morgan fingerprint density at radius 2 is 1.95 bits per heavy atom. The van der Waals surface area contributed by atoms with Crippen molar-refractivity contribution in [3.05, 3.63) is 35.4 Å². The van der Waals surface area contributed by atoms with Crippen molar-refractivity contribution in [3.8, 4) is 0 Å². The second-order valence-corrected chi connectivity index (χ2v) is 7.32. The molecule has 106 valence electrons. The molecule has 1 aliphatic rings. The molecule has 1 aromatic rings. The molecule has 0 heterocycles. The molecule has 0 spiro atoms. The van der Waals surface area contributed by atoms with E-state index >= 15 is 0 Å². The molecule has 19 heavy (non-hydrogen) atoms. The molecule has 1 N–H and O–H groups in total. The van der Waals surface area contributed by atoms with Gasteiger partial charge in [0, 0.05) is 17.0 Å². The van der Waals surface area contributed by atoms with Crippen LogP contribution in [-0.4, -0.2) is 18.3 Å². The average Bonchev–Trinajstić information content (AvgIpc) is 2.38. The first-order chi connectivity index (χ1) is 9.11. The van der Waals surface area contributed by atoms with Gasteiger partial charge in [0.15, 0.2) is 0 Å². The molecular formula is C17H27NS. The zero-order valence-corrected chi connectivity index (χ0v) is 13.5. The van der Waals surface area contributed by atoms with Gasteiger partial charge in [-0.15, -0.1) is 0 Å². The summed E-state index contributed by atoms with van der Waals surface area (Å²) in [6, 6.07) is 9.45. The second kappa shape index (κ2) is 6.81. The predicted octanol–water partition coefficient (Wildman–Crippen LogP) is 4.25. The van der Waals surface area contributed by atoms with Crippen LogP contribution in [0.3, 0.4) is 0 Å². The van der Waals surface area contributed by atoms with E-state index in [1.165, 1.54) is 24.0 Å². The van der Waals surface area contributed by atoms with Crippen molar-refractivity contribution in [2.24, 2.45) is 11.8 Å². The summed E-state index contributed by atoms with van der Waals surface area (Å²) in [6.07, 6.45) is 2.70. The Balaban J connectivity index is 1.99. The van der Waals surface area contributed by atoms with Crippen LogP contribution in [-0.2, 0) is 5.75 Å². The predicted molar refractivity (Wildman–Crippen MR) is 86.7 cm³/mol. The molecular weight excluding hydrogens is 250 g/mol. The summed E-state index contributed by atoms with van der Waals surface area (Å²) in [5.41, 5.74) is 2.92. The lowest BCUT2D eigenvalue weighted by Crippen LogP contribution is -2.44. The maximum Gasteiger partial charge on any atom is 0.0230 e. The lowest BCUT2D eigenvalue weighted by Gasteiger charge is -2.39. The minimum atomic E-state index is 0.674. The first-order valence-corrected chi connectivity index (χ1v) is 8.50. The number of hydrogen-bond donors (Lipinski definition) is 1. The molecule has 1 nitrogen and oxygen atoms in total. The van der Waals surface area contributed by atoms with Gasteiger partial charge < -0.3 is 5.32 Å². The smallest absolute Gasteiger partial charge is 0.0230 e. The highest BCUT2D eigenvalue weighted by Crippen LogP contribution is 2.37. The number of hydrogen-bond acceptors (Lipinski definition) is 2. The largest absolute Gasteiger partial charge is 0.316 e. The van der Waals surface area contributed by atoms with Gasteiger partial charge in [-0.25, -0.2) is 0 Å². The minimum Gasteiger partial charge on any atom is -0.316 e. The summed E-state index contributed by atoms with van der Waals surface area (Å²) >= 11 is 2.14. The Morgan fingerprint density at radius 3 is 2.63 bits per heavy atom. The van der Waals surface area contributed by atoms with E-state index in [2.05, 4.69) is 69.2 Å². The SMILES string of the molecule is CNC1CC(C)CC(C)C1SCc1ccccc1C. The van der Waals surface area contributed by atoms with Crippen LogP contribution in [0.4, 0.5) is 0 Å². The van der Waals surface area contributed by atoms with E-state index < -0.39 is 0 Å². The fraction of sp³-hybridized carbons (Fsp3) is 0.647. The number of benzene rings is 1. The van der Waals surface area contributed by atoms with Crippen LogP contribution in [0, 0.1) is 18.8 Å². The highest BCUT2D eigenvalue weighted by Gasteiger charge is 2.33. The van der Waals surface area contributed by atoms with Crippen molar-refractivity contribution < 1.29 is 0 Å². The fourth-order valence-corrected chi connectivity index (χ4v) is 4.96. The third-order valence-electron chi connectivity index (χ3n) is 4.45. The quantitative estimate of drug-likeness (QED) is 0.883. The number of thioether (sulfide) groups is 1. The molecule has 0 aliphatic heterocycles. The molecule has 0 saturated heterocycles. The van der Waals surface area contributed by atoms with E-state index in [4.69, 9.17) is 0 Å². The summed E-state index contributed by atoms with van der Waals surface area (Å²) in [5.74, 6) is 2.83. The zero-order chi connectivity index (χ0) is 13.8. The topological polar surface area (TPSA) is 12.0 Å². The van der Waals surface area contributed by atoms with Crippen LogP contribution in [0.2, 0.25) is 0 Å². The molecule has 1 saturated carbocycles. The summed E-state index contributed by atoms with van der Waals surface area (Å²) in [6.45, 7) is 7.04. The Kier molecular flexibility index (Phi) is 5.35. The van der Waals surface area contributed by atoms with Crippen LogP contribution in [0.5, 0.6) is 0 Å². The second-order valence-electron chi connectivity index (χ2n) is 6.15. The first kappa shape index (κ1) is 14.9. The van der Waals surface area contributed by atoms with Crippen molar-refractivity contribution in [1.29, 1.82) is 0 Å². The van der Waals surface area contributed by atoms with Gasteiger partial charge in [0.25, 0.3) is 0 Å². The molecule has 1 aliphatic carbocycles. The fourth-order valence-electron chi connectivity index (χ4n) is 3.35. The monoisotopic (exact) mass is 277 g/mol. The Bertz CT molecular complexity index is 404. The summed E-state index contributed by atoms with van der Waals surface area (Å²) < 4.78 is 0. The summed E-state index contributed by atoms with van der Waals surface area (Å²) in [5, 5.41) is 4.30. The van der Waals surface area contributed by atoms with Crippen molar-refractivity contribution in [2.75, 3.05) is 7.05 Å². The van der Waals surface area contributed by atoms with Gasteiger partial charge in [-0.05, 0) is 49.8 Å². The van der Waals surface area contributed by atoms with Gasteiger partial charge in [-0.2, -0.15) is 11.8 Å². The molecule has 1 fully saturated rings. The molecule has 1 aromatic carbocycles. The molecule has 0 bridgehead atoms. The van der Waals surface area contributed by atoms with E-state index in [1.54, 1.807) is 0 Å². The minimum absolute atomic E-state index is 0.674. The van der Waals surface area contributed by atoms with Gasteiger partial charge in [-0.1, -0.05) is 38.1 Å². The van der Waals surface area contributed by atoms with Crippen molar-refractivity contribution >= 4 is 11.8 Å². The maximum absolute atomic E-state index is 3.54. The van der Waals surface area contributed by atoms with Crippen LogP contribution in [0.1, 0.15) is 37.8 Å². The number of rotatable bonds is 4. The van der Waals surface area contributed by atoms with Crippen molar-refractivity contribution in [1.82, 2.24) is 5.32 Å². The van der Waals surface area contributed by atoms with Gasteiger partial charge in [0.05, 0.1) is 0 Å². The van der Waals surface area contributed by atoms with Crippen LogP contribution in [0.15, 0.2) is 24.3 Å².